The van der Waals surface area contributed by atoms with Gasteiger partial charge in [0.2, 0.25) is 0 Å². The molecule has 2 heteroatoms. The van der Waals surface area contributed by atoms with Gasteiger partial charge in [0.25, 0.3) is 0 Å². The van der Waals surface area contributed by atoms with Crippen molar-refractivity contribution in [1.82, 2.24) is 5.32 Å². The van der Waals surface area contributed by atoms with Crippen LogP contribution in [0.15, 0.2) is 36.4 Å². The van der Waals surface area contributed by atoms with Gasteiger partial charge in [-0.1, -0.05) is 24.3 Å². The summed E-state index contributed by atoms with van der Waals surface area (Å²) in [5, 5.41) is 5.70. The van der Waals surface area contributed by atoms with E-state index in [-0.39, 0.29) is 0 Å². The third-order valence-electron chi connectivity index (χ3n) is 2.75. The second-order valence-corrected chi connectivity index (χ2v) is 4.84. The first-order valence-corrected chi connectivity index (χ1v) is 6.06. The lowest BCUT2D eigenvalue weighted by molar-refractivity contribution is 0.724. The van der Waals surface area contributed by atoms with Crippen LogP contribution in [0.25, 0.3) is 15.7 Å². The molecule has 2 heterocycles. The van der Waals surface area contributed by atoms with Crippen molar-refractivity contribution in [3.05, 3.63) is 41.3 Å². The fourth-order valence-electron chi connectivity index (χ4n) is 1.93. The Labute approximate surface area is 93.4 Å². The quantitative estimate of drug-likeness (QED) is 0.691. The molecule has 0 N–H and O–H groups in total. The van der Waals surface area contributed by atoms with E-state index in [9.17, 15) is 0 Å². The van der Waals surface area contributed by atoms with Crippen LogP contribution in [-0.2, 0) is 0 Å². The predicted molar refractivity (Wildman–Crippen MR) is 66.3 cm³/mol. The standard InChI is InChI=1S/C13H12NS/c1-2-4-12-11(3-1)9-13(15-12)10-5-7-14-8-6-10/h1-5,9H,6-8H2. The second-order valence-electron chi connectivity index (χ2n) is 3.76. The van der Waals surface area contributed by atoms with Gasteiger partial charge in [0.15, 0.2) is 0 Å². The molecule has 0 spiro atoms. The van der Waals surface area contributed by atoms with Gasteiger partial charge in [-0.25, -0.2) is 5.32 Å². The molecule has 1 radical (unpaired) electrons. The van der Waals surface area contributed by atoms with E-state index in [1.54, 1.807) is 0 Å². The van der Waals surface area contributed by atoms with Crippen LogP contribution in [0.4, 0.5) is 0 Å². The van der Waals surface area contributed by atoms with Gasteiger partial charge in [0, 0.05) is 22.7 Å². The minimum Gasteiger partial charge on any atom is -0.237 e. The molecule has 15 heavy (non-hydrogen) atoms. The molecule has 0 amide bonds. The van der Waals surface area contributed by atoms with Crippen molar-refractivity contribution in [2.75, 3.05) is 13.1 Å². The van der Waals surface area contributed by atoms with Crippen LogP contribution in [0.2, 0.25) is 0 Å². The van der Waals surface area contributed by atoms with Gasteiger partial charge in [-0.2, -0.15) is 0 Å². The zero-order chi connectivity index (χ0) is 10.1. The molecule has 75 valence electrons. The first-order chi connectivity index (χ1) is 7.43. The van der Waals surface area contributed by atoms with Gasteiger partial charge >= 0.3 is 0 Å². The molecule has 0 bridgehead atoms. The number of benzene rings is 1. The zero-order valence-electron chi connectivity index (χ0n) is 8.44. The Bertz CT molecular complexity index is 477. The first-order valence-electron chi connectivity index (χ1n) is 5.25. The van der Waals surface area contributed by atoms with E-state index < -0.39 is 0 Å². The van der Waals surface area contributed by atoms with E-state index in [1.165, 1.54) is 20.5 Å². The third-order valence-corrected chi connectivity index (χ3v) is 3.94. The summed E-state index contributed by atoms with van der Waals surface area (Å²) in [5.41, 5.74) is 1.48. The van der Waals surface area contributed by atoms with Crippen LogP contribution in [0.1, 0.15) is 11.3 Å². The maximum absolute atomic E-state index is 4.33. The highest BCUT2D eigenvalue weighted by Crippen LogP contribution is 2.32. The molecule has 1 aliphatic heterocycles. The van der Waals surface area contributed by atoms with E-state index in [0.29, 0.717) is 0 Å². The molecule has 0 unspecified atom stereocenters. The Balaban J connectivity index is 2.07. The zero-order valence-corrected chi connectivity index (χ0v) is 9.26. The van der Waals surface area contributed by atoms with Crippen LogP contribution in [-0.4, -0.2) is 13.1 Å². The molecule has 0 fully saturated rings. The Morgan fingerprint density at radius 1 is 1.20 bits per heavy atom. The fraction of sp³-hybridized carbons (Fsp3) is 0.231. The Morgan fingerprint density at radius 3 is 2.93 bits per heavy atom. The highest BCUT2D eigenvalue weighted by atomic mass is 32.1. The summed E-state index contributed by atoms with van der Waals surface area (Å²) >= 11 is 1.89. The van der Waals surface area contributed by atoms with Crippen molar-refractivity contribution in [2.45, 2.75) is 6.42 Å². The van der Waals surface area contributed by atoms with Crippen molar-refractivity contribution in [1.29, 1.82) is 0 Å². The van der Waals surface area contributed by atoms with Gasteiger partial charge in [0.05, 0.1) is 0 Å². The van der Waals surface area contributed by atoms with Crippen LogP contribution in [0.3, 0.4) is 0 Å². The smallest absolute Gasteiger partial charge is 0.0349 e. The average molecular weight is 214 g/mol. The number of thiophene rings is 1. The van der Waals surface area contributed by atoms with E-state index >= 15 is 0 Å². The topological polar surface area (TPSA) is 14.1 Å². The SMILES string of the molecule is C1=C(c2cc3ccccc3s2)CC[N]C1. The summed E-state index contributed by atoms with van der Waals surface area (Å²) in [4.78, 5) is 1.42. The van der Waals surface area contributed by atoms with Gasteiger partial charge in [-0.15, -0.1) is 11.3 Å². The lowest BCUT2D eigenvalue weighted by Gasteiger charge is -2.10. The number of hydrogen-bond donors (Lipinski definition) is 0. The summed E-state index contributed by atoms with van der Waals surface area (Å²) in [6, 6.07) is 10.9. The highest BCUT2D eigenvalue weighted by Gasteiger charge is 2.09. The maximum atomic E-state index is 4.33. The maximum Gasteiger partial charge on any atom is 0.0349 e. The minimum atomic E-state index is 0.892. The van der Waals surface area contributed by atoms with Crippen molar-refractivity contribution < 1.29 is 0 Å². The molecule has 0 atom stereocenters. The summed E-state index contributed by atoms with van der Waals surface area (Å²) in [5.74, 6) is 0. The number of rotatable bonds is 1. The van der Waals surface area contributed by atoms with E-state index in [0.717, 1.165) is 19.5 Å². The van der Waals surface area contributed by atoms with Crippen molar-refractivity contribution in [3.8, 4) is 0 Å². The lowest BCUT2D eigenvalue weighted by atomic mass is 10.1. The molecule has 1 aromatic heterocycles. The van der Waals surface area contributed by atoms with E-state index in [4.69, 9.17) is 0 Å². The minimum absolute atomic E-state index is 0.892. The number of fused-ring (bicyclic) bond motifs is 1. The van der Waals surface area contributed by atoms with Crippen molar-refractivity contribution in [3.63, 3.8) is 0 Å². The Hall–Kier alpha value is -1.12. The molecule has 1 aliphatic rings. The summed E-state index contributed by atoms with van der Waals surface area (Å²) in [7, 11) is 0. The molecule has 0 aliphatic carbocycles. The first kappa shape index (κ1) is 9.13. The number of hydrogen-bond acceptors (Lipinski definition) is 1. The highest BCUT2D eigenvalue weighted by molar-refractivity contribution is 7.20. The monoisotopic (exact) mass is 214 g/mol. The summed E-state index contributed by atoms with van der Waals surface area (Å²) in [6.45, 7) is 1.88. The molecule has 0 saturated heterocycles. The fourth-order valence-corrected chi connectivity index (χ4v) is 3.06. The largest absolute Gasteiger partial charge is 0.237 e. The normalized spacial score (nSPS) is 16.7. The number of nitrogens with zero attached hydrogens (tertiary/aromatic N) is 1. The average Bonchev–Trinajstić information content (AvgIpc) is 2.74. The van der Waals surface area contributed by atoms with Crippen molar-refractivity contribution in [2.24, 2.45) is 0 Å². The molecular weight excluding hydrogens is 202 g/mol. The lowest BCUT2D eigenvalue weighted by Crippen LogP contribution is -2.12. The Morgan fingerprint density at radius 2 is 2.13 bits per heavy atom. The molecule has 2 aromatic rings. The van der Waals surface area contributed by atoms with Crippen LogP contribution < -0.4 is 5.32 Å². The Kier molecular flexibility index (Phi) is 2.31. The van der Waals surface area contributed by atoms with Crippen molar-refractivity contribution >= 4 is 27.0 Å². The molecule has 1 nitrogen and oxygen atoms in total. The van der Waals surface area contributed by atoms with Gasteiger partial charge in [-0.3, -0.25) is 0 Å². The molecule has 0 saturated carbocycles. The van der Waals surface area contributed by atoms with Gasteiger partial charge in [0.1, 0.15) is 0 Å². The van der Waals surface area contributed by atoms with Crippen LogP contribution in [0, 0.1) is 0 Å². The predicted octanol–water partition coefficient (Wildman–Crippen LogP) is 3.29. The third kappa shape index (κ3) is 1.71. The molecular formula is C13H12NS. The van der Waals surface area contributed by atoms with E-state index in [1.807, 2.05) is 11.3 Å². The van der Waals surface area contributed by atoms with Crippen LogP contribution in [0.5, 0.6) is 0 Å². The van der Waals surface area contributed by atoms with Gasteiger partial charge in [-0.05, 0) is 29.5 Å². The molecule has 3 rings (SSSR count). The summed E-state index contributed by atoms with van der Waals surface area (Å²) < 4.78 is 1.39. The molecule has 1 aromatic carbocycles. The van der Waals surface area contributed by atoms with Crippen LogP contribution >= 0.6 is 11.3 Å². The summed E-state index contributed by atoms with van der Waals surface area (Å²) in [6.07, 6.45) is 3.36. The van der Waals surface area contributed by atoms with Gasteiger partial charge < -0.3 is 0 Å². The second kappa shape index (κ2) is 3.80. The van der Waals surface area contributed by atoms with E-state index in [2.05, 4.69) is 41.7 Å².